The minimum absolute atomic E-state index is 0.446. The Morgan fingerprint density at radius 3 is 2.80 bits per heavy atom. The Kier molecular flexibility index (Phi) is 4.10. The van der Waals surface area contributed by atoms with Crippen molar-refractivity contribution >= 4 is 6.34 Å². The van der Waals surface area contributed by atoms with Crippen molar-refractivity contribution in [2.75, 3.05) is 14.1 Å². The molecule has 0 saturated heterocycles. The summed E-state index contributed by atoms with van der Waals surface area (Å²) in [7, 11) is 3.88. The third-order valence-electron chi connectivity index (χ3n) is 2.11. The van der Waals surface area contributed by atoms with Crippen molar-refractivity contribution in [2.45, 2.75) is 6.92 Å². The van der Waals surface area contributed by atoms with Crippen molar-refractivity contribution in [1.29, 1.82) is 0 Å². The maximum atomic E-state index is 4.22. The summed E-state index contributed by atoms with van der Waals surface area (Å²) in [6, 6.07) is 0. The third-order valence-corrected chi connectivity index (χ3v) is 2.11. The van der Waals surface area contributed by atoms with Crippen LogP contribution in [0.3, 0.4) is 0 Å². The topological polar surface area (TPSA) is 15.6 Å². The van der Waals surface area contributed by atoms with E-state index in [1.165, 1.54) is 5.57 Å². The third kappa shape index (κ3) is 3.98. The van der Waals surface area contributed by atoms with Crippen molar-refractivity contribution in [2.24, 2.45) is 10.9 Å². The van der Waals surface area contributed by atoms with Crippen LogP contribution in [-0.2, 0) is 0 Å². The maximum Gasteiger partial charge on any atom is 0.0906 e. The van der Waals surface area contributed by atoms with Crippen LogP contribution in [0.2, 0.25) is 0 Å². The monoisotopic (exact) mass is 202 g/mol. The molecule has 0 saturated carbocycles. The van der Waals surface area contributed by atoms with Gasteiger partial charge in [-0.3, -0.25) is 0 Å². The van der Waals surface area contributed by atoms with Gasteiger partial charge in [0.2, 0.25) is 0 Å². The predicted octanol–water partition coefficient (Wildman–Crippen LogP) is 2.78. The second-order valence-electron chi connectivity index (χ2n) is 3.88. The molecule has 0 aromatic carbocycles. The number of hydrogen-bond acceptors (Lipinski definition) is 1. The second-order valence-corrected chi connectivity index (χ2v) is 3.88. The molecule has 1 atom stereocenters. The zero-order valence-electron chi connectivity index (χ0n) is 9.64. The molecule has 2 nitrogen and oxygen atoms in total. The lowest BCUT2D eigenvalue weighted by Gasteiger charge is -2.11. The van der Waals surface area contributed by atoms with Crippen molar-refractivity contribution in [1.82, 2.24) is 4.90 Å². The highest BCUT2D eigenvalue weighted by molar-refractivity contribution is 5.56. The normalized spacial score (nSPS) is 22.6. The zero-order chi connectivity index (χ0) is 11.3. The summed E-state index contributed by atoms with van der Waals surface area (Å²) in [5.74, 6) is 0.446. The van der Waals surface area contributed by atoms with E-state index < -0.39 is 0 Å². The van der Waals surface area contributed by atoms with E-state index in [0.29, 0.717) is 5.92 Å². The lowest BCUT2D eigenvalue weighted by Crippen LogP contribution is -2.07. The minimum Gasteiger partial charge on any atom is -0.369 e. The van der Waals surface area contributed by atoms with Gasteiger partial charge in [0.25, 0.3) is 0 Å². The Morgan fingerprint density at radius 1 is 1.47 bits per heavy atom. The van der Waals surface area contributed by atoms with E-state index >= 15 is 0 Å². The molecule has 1 aliphatic rings. The summed E-state index contributed by atoms with van der Waals surface area (Å²) in [4.78, 5) is 6.12. The molecule has 0 fully saturated rings. The van der Waals surface area contributed by atoms with Gasteiger partial charge < -0.3 is 4.90 Å². The van der Waals surface area contributed by atoms with E-state index in [4.69, 9.17) is 0 Å². The molecule has 0 amide bonds. The molecule has 0 aromatic rings. The minimum atomic E-state index is 0.446. The molecule has 0 heterocycles. The molecule has 0 spiro atoms. The average Bonchev–Trinajstić information content (AvgIpc) is 2.18. The summed E-state index contributed by atoms with van der Waals surface area (Å²) < 4.78 is 0. The molecule has 0 aromatic heterocycles. The molecule has 0 bridgehead atoms. The number of rotatable bonds is 3. The van der Waals surface area contributed by atoms with E-state index in [1.807, 2.05) is 31.1 Å². The summed E-state index contributed by atoms with van der Waals surface area (Å²) in [6.07, 6.45) is 12.1. The van der Waals surface area contributed by atoms with Crippen molar-refractivity contribution in [3.63, 3.8) is 0 Å². The van der Waals surface area contributed by atoms with Crippen LogP contribution in [0.25, 0.3) is 0 Å². The quantitative estimate of drug-likeness (QED) is 0.507. The highest BCUT2D eigenvalue weighted by atomic mass is 15.1. The molecule has 0 radical (unpaired) electrons. The lowest BCUT2D eigenvalue weighted by atomic mass is 9.96. The fraction of sp³-hybridized carbons (Fsp3) is 0.308. The fourth-order valence-electron chi connectivity index (χ4n) is 1.26. The second kappa shape index (κ2) is 5.35. The zero-order valence-corrected chi connectivity index (χ0v) is 9.64. The van der Waals surface area contributed by atoms with E-state index in [-0.39, 0.29) is 0 Å². The van der Waals surface area contributed by atoms with Crippen LogP contribution in [0.1, 0.15) is 6.92 Å². The van der Waals surface area contributed by atoms with Crippen molar-refractivity contribution in [3.8, 4) is 0 Å². The van der Waals surface area contributed by atoms with Gasteiger partial charge in [0, 0.05) is 14.1 Å². The Balaban J connectivity index is 2.67. The standard InChI is InChI=1S/C13H18N2/c1-11-7-5-6-8-13(11)9-12(2)14-10-15(3)4/h5-11H,2H2,1,3-4H3/b13-9-,14-10?. The van der Waals surface area contributed by atoms with Crippen LogP contribution in [-0.4, -0.2) is 25.3 Å². The van der Waals surface area contributed by atoms with Gasteiger partial charge in [-0.15, -0.1) is 0 Å². The van der Waals surface area contributed by atoms with E-state index in [0.717, 1.165) is 5.70 Å². The Bertz CT molecular complexity index is 344. The summed E-state index contributed by atoms with van der Waals surface area (Å²) in [5, 5.41) is 0. The van der Waals surface area contributed by atoms with Gasteiger partial charge in [-0.1, -0.05) is 37.8 Å². The maximum absolute atomic E-state index is 4.22. The Labute approximate surface area is 92.0 Å². The lowest BCUT2D eigenvalue weighted by molar-refractivity contribution is 0.642. The van der Waals surface area contributed by atoms with Gasteiger partial charge in [0.1, 0.15) is 0 Å². The molecule has 0 N–H and O–H groups in total. The van der Waals surface area contributed by atoms with Gasteiger partial charge in [0.15, 0.2) is 0 Å². The number of nitrogens with zero attached hydrogens (tertiary/aromatic N) is 2. The molecule has 1 aliphatic carbocycles. The van der Waals surface area contributed by atoms with Crippen LogP contribution in [0.5, 0.6) is 0 Å². The van der Waals surface area contributed by atoms with E-state index in [1.54, 1.807) is 6.34 Å². The van der Waals surface area contributed by atoms with Crippen LogP contribution < -0.4 is 0 Å². The van der Waals surface area contributed by atoms with Gasteiger partial charge in [-0.2, -0.15) is 0 Å². The highest BCUT2D eigenvalue weighted by Gasteiger charge is 2.04. The largest absolute Gasteiger partial charge is 0.369 e. The molecule has 15 heavy (non-hydrogen) atoms. The van der Waals surface area contributed by atoms with Crippen LogP contribution in [0.4, 0.5) is 0 Å². The smallest absolute Gasteiger partial charge is 0.0906 e. The molecule has 1 rings (SSSR count). The Hall–Kier alpha value is -1.57. The first kappa shape index (κ1) is 11.5. The number of allylic oxidation sites excluding steroid dienone is 6. The van der Waals surface area contributed by atoms with Gasteiger partial charge >= 0.3 is 0 Å². The van der Waals surface area contributed by atoms with Crippen molar-refractivity contribution in [3.05, 3.63) is 48.2 Å². The number of aliphatic imine (C=N–C) groups is 1. The molecule has 1 unspecified atom stereocenters. The molecule has 2 heteroatoms. The van der Waals surface area contributed by atoms with E-state index in [9.17, 15) is 0 Å². The van der Waals surface area contributed by atoms with Gasteiger partial charge in [-0.25, -0.2) is 4.99 Å². The van der Waals surface area contributed by atoms with Crippen LogP contribution in [0, 0.1) is 5.92 Å². The summed E-state index contributed by atoms with van der Waals surface area (Å²) >= 11 is 0. The highest BCUT2D eigenvalue weighted by Crippen LogP contribution is 2.19. The predicted molar refractivity (Wildman–Crippen MR) is 66.8 cm³/mol. The van der Waals surface area contributed by atoms with Crippen molar-refractivity contribution < 1.29 is 0 Å². The van der Waals surface area contributed by atoms with Gasteiger partial charge in [0.05, 0.1) is 12.0 Å². The average molecular weight is 202 g/mol. The van der Waals surface area contributed by atoms with Crippen LogP contribution in [0.15, 0.2) is 53.2 Å². The van der Waals surface area contributed by atoms with Gasteiger partial charge in [-0.05, 0) is 17.6 Å². The SMILES string of the molecule is C=C(/C=C1/C=CC=CC1C)N=CN(C)C. The first-order chi connectivity index (χ1) is 7.09. The molecule has 0 aliphatic heterocycles. The summed E-state index contributed by atoms with van der Waals surface area (Å²) in [5.41, 5.74) is 2.03. The van der Waals surface area contributed by atoms with Crippen LogP contribution >= 0.6 is 0 Å². The molecule has 80 valence electrons. The first-order valence-electron chi connectivity index (χ1n) is 5.05. The fourth-order valence-corrected chi connectivity index (χ4v) is 1.26. The summed E-state index contributed by atoms with van der Waals surface area (Å²) in [6.45, 7) is 6.06. The molecular weight excluding hydrogens is 184 g/mol. The number of hydrogen-bond donors (Lipinski definition) is 0. The first-order valence-corrected chi connectivity index (χ1v) is 5.05. The Morgan fingerprint density at radius 2 is 2.20 bits per heavy atom. The van der Waals surface area contributed by atoms with E-state index in [2.05, 4.69) is 36.7 Å². The molecular formula is C13H18N2.